The summed E-state index contributed by atoms with van der Waals surface area (Å²) in [5.74, 6) is -0.909. The summed E-state index contributed by atoms with van der Waals surface area (Å²) in [6.07, 6.45) is 5.40. The van der Waals surface area contributed by atoms with Crippen molar-refractivity contribution >= 4 is 30.3 Å². The first-order valence-electron chi connectivity index (χ1n) is 13.5. The van der Waals surface area contributed by atoms with E-state index in [1.807, 2.05) is 37.3 Å². The van der Waals surface area contributed by atoms with Gasteiger partial charge in [0.2, 0.25) is 0 Å². The molecule has 2 aliphatic carbocycles. The summed E-state index contributed by atoms with van der Waals surface area (Å²) in [6, 6.07) is 19.9. The molecule has 1 fully saturated rings. The van der Waals surface area contributed by atoms with E-state index in [-0.39, 0.29) is 29.3 Å². The molecule has 0 amide bonds. The molecule has 0 bridgehead atoms. The van der Waals surface area contributed by atoms with Crippen LogP contribution < -0.4 is 0 Å². The van der Waals surface area contributed by atoms with Gasteiger partial charge >= 0.3 is 7.12 Å². The van der Waals surface area contributed by atoms with E-state index in [1.54, 1.807) is 48.7 Å². The van der Waals surface area contributed by atoms with Crippen LogP contribution in [0.2, 0.25) is 6.32 Å². The van der Waals surface area contributed by atoms with Crippen LogP contribution in [0.4, 0.5) is 0 Å². The highest BCUT2D eigenvalue weighted by molar-refractivity contribution is 6.43. The van der Waals surface area contributed by atoms with Gasteiger partial charge < -0.3 is 14.8 Å². The standard InChI is InChI=1S/C32H30BNO5/c1-19-15-25-30(32(37)24-10-3-2-9-23(24)31(25)36)26-18-33(38)39-28(29(19)26)13-12-21(27-11-4-5-14-34-27)16-20-7-6-8-22(35)17-20/h2-11,14,16-17,25-26,28,30,35,38H,12-13,15,18H2,1H3/b21-16-/t25-,26+,28-,30-/m1/s1. The molecule has 2 N–H and O–H groups in total. The minimum Gasteiger partial charge on any atom is -0.508 e. The number of fused-ring (bicyclic) bond motifs is 4. The predicted molar refractivity (Wildman–Crippen MR) is 150 cm³/mol. The van der Waals surface area contributed by atoms with Crippen LogP contribution in [0.1, 0.15) is 58.2 Å². The van der Waals surface area contributed by atoms with E-state index in [0.29, 0.717) is 36.7 Å². The molecule has 39 heavy (non-hydrogen) atoms. The minimum absolute atomic E-state index is 0.00370. The van der Waals surface area contributed by atoms with Gasteiger partial charge in [-0.2, -0.15) is 0 Å². The first kappa shape index (κ1) is 25.5. The van der Waals surface area contributed by atoms with Crippen molar-refractivity contribution in [3.05, 3.63) is 106 Å². The van der Waals surface area contributed by atoms with Crippen LogP contribution in [0.5, 0.6) is 5.75 Å². The van der Waals surface area contributed by atoms with Gasteiger partial charge in [0.15, 0.2) is 11.6 Å². The van der Waals surface area contributed by atoms with Crippen LogP contribution in [0.15, 0.2) is 84.1 Å². The zero-order chi connectivity index (χ0) is 27.1. The van der Waals surface area contributed by atoms with Crippen LogP contribution in [0.3, 0.4) is 0 Å². The van der Waals surface area contributed by atoms with Crippen LogP contribution in [-0.2, 0) is 4.65 Å². The number of hydrogen-bond acceptors (Lipinski definition) is 6. The zero-order valence-electron chi connectivity index (χ0n) is 21.8. The summed E-state index contributed by atoms with van der Waals surface area (Å²) in [4.78, 5) is 31.7. The Morgan fingerprint density at radius 2 is 1.79 bits per heavy atom. The highest BCUT2D eigenvalue weighted by atomic mass is 16.5. The van der Waals surface area contributed by atoms with Crippen molar-refractivity contribution in [3.63, 3.8) is 0 Å². The van der Waals surface area contributed by atoms with Crippen molar-refractivity contribution in [2.24, 2.45) is 17.8 Å². The number of Topliss-reactive ketones (excluding diaryl/α,β-unsaturated/α-hetero) is 2. The Morgan fingerprint density at radius 3 is 2.54 bits per heavy atom. The van der Waals surface area contributed by atoms with Gasteiger partial charge in [-0.05, 0) is 85.5 Å². The number of aromatic nitrogens is 1. The smallest absolute Gasteiger partial charge is 0.455 e. The van der Waals surface area contributed by atoms with E-state index in [1.165, 1.54) is 0 Å². The zero-order valence-corrected chi connectivity index (χ0v) is 21.8. The lowest BCUT2D eigenvalue weighted by atomic mass is 9.54. The fourth-order valence-corrected chi connectivity index (χ4v) is 6.75. The van der Waals surface area contributed by atoms with Gasteiger partial charge in [0.1, 0.15) is 5.75 Å². The Morgan fingerprint density at radius 1 is 1.03 bits per heavy atom. The summed E-state index contributed by atoms with van der Waals surface area (Å²) < 4.78 is 6.11. The number of phenolic OH excluding ortho intramolecular Hbond substituents is 1. The minimum atomic E-state index is -1.01. The van der Waals surface area contributed by atoms with Crippen LogP contribution >= 0.6 is 0 Å². The summed E-state index contributed by atoms with van der Waals surface area (Å²) in [6.45, 7) is 2.03. The first-order chi connectivity index (χ1) is 18.9. The van der Waals surface area contributed by atoms with E-state index in [2.05, 4.69) is 4.98 Å². The summed E-state index contributed by atoms with van der Waals surface area (Å²) in [7, 11) is -1.01. The molecule has 1 aliphatic heterocycles. The van der Waals surface area contributed by atoms with Crippen molar-refractivity contribution in [1.82, 2.24) is 4.98 Å². The molecule has 2 aromatic carbocycles. The molecule has 6 rings (SSSR count). The molecule has 0 radical (unpaired) electrons. The van der Waals surface area contributed by atoms with E-state index < -0.39 is 19.0 Å². The number of carbonyl (C=O) groups is 2. The Hall–Kier alpha value is -3.81. The molecule has 1 aromatic heterocycles. The van der Waals surface area contributed by atoms with Crippen molar-refractivity contribution in [2.75, 3.05) is 0 Å². The number of rotatable bonds is 5. The average molecular weight is 519 g/mol. The lowest BCUT2D eigenvalue weighted by Gasteiger charge is -2.47. The van der Waals surface area contributed by atoms with Gasteiger partial charge in [-0.3, -0.25) is 14.6 Å². The van der Waals surface area contributed by atoms with Crippen molar-refractivity contribution in [2.45, 2.75) is 38.6 Å². The molecule has 196 valence electrons. The lowest BCUT2D eigenvalue weighted by Crippen LogP contribution is -2.50. The fourth-order valence-electron chi connectivity index (χ4n) is 6.75. The third-order valence-corrected chi connectivity index (χ3v) is 8.39. The van der Waals surface area contributed by atoms with Gasteiger partial charge in [-0.25, -0.2) is 0 Å². The molecule has 6 nitrogen and oxygen atoms in total. The third kappa shape index (κ3) is 4.77. The average Bonchev–Trinajstić information content (AvgIpc) is 2.94. The molecule has 0 unspecified atom stereocenters. The number of carbonyl (C=O) groups excluding carboxylic acids is 2. The fraction of sp³-hybridized carbons (Fsp3) is 0.281. The number of benzene rings is 2. The van der Waals surface area contributed by atoms with Crippen LogP contribution in [-0.4, -0.2) is 39.9 Å². The number of allylic oxidation sites excluding steroid dienone is 2. The van der Waals surface area contributed by atoms with Crippen molar-refractivity contribution in [3.8, 4) is 5.75 Å². The second kappa shape index (κ2) is 10.4. The predicted octanol–water partition coefficient (Wildman–Crippen LogP) is 5.64. The van der Waals surface area contributed by atoms with Crippen LogP contribution in [0, 0.1) is 17.8 Å². The van der Waals surface area contributed by atoms with E-state index in [9.17, 15) is 19.7 Å². The van der Waals surface area contributed by atoms with Gasteiger partial charge in [0, 0.05) is 29.2 Å². The molecule has 1 saturated heterocycles. The maximum Gasteiger partial charge on any atom is 0.455 e. The number of aromatic hydroxyl groups is 1. The number of phenols is 1. The highest BCUT2D eigenvalue weighted by Gasteiger charge is 2.52. The quantitative estimate of drug-likeness (QED) is 0.335. The summed E-state index contributed by atoms with van der Waals surface area (Å²) in [5.41, 5.74) is 5.81. The molecular weight excluding hydrogens is 489 g/mol. The summed E-state index contributed by atoms with van der Waals surface area (Å²) >= 11 is 0. The Labute approximate surface area is 228 Å². The Kier molecular flexibility index (Phi) is 6.79. The Balaban J connectivity index is 1.32. The molecule has 0 saturated carbocycles. The largest absolute Gasteiger partial charge is 0.508 e. The second-order valence-corrected chi connectivity index (χ2v) is 10.8. The lowest BCUT2D eigenvalue weighted by molar-refractivity contribution is 0.0602. The first-order valence-corrected chi connectivity index (χ1v) is 13.5. The SMILES string of the molecule is CC1=C2[C@@H](CC/C(=C/c3cccc(O)c3)c3ccccn3)OB(O)C[C@@H]2[C@@H]2C(=O)c3ccccc3C(=O)[C@@H]2C1. The summed E-state index contributed by atoms with van der Waals surface area (Å²) in [5, 5.41) is 20.8. The number of pyridine rings is 1. The maximum absolute atomic E-state index is 13.7. The van der Waals surface area contributed by atoms with Gasteiger partial charge in [-0.1, -0.05) is 48.0 Å². The van der Waals surface area contributed by atoms with Crippen molar-refractivity contribution in [1.29, 1.82) is 0 Å². The molecule has 4 atom stereocenters. The molecule has 7 heteroatoms. The highest BCUT2D eigenvalue weighted by Crippen LogP contribution is 2.50. The van der Waals surface area contributed by atoms with E-state index in [4.69, 9.17) is 4.65 Å². The van der Waals surface area contributed by atoms with Crippen LogP contribution in [0.25, 0.3) is 11.6 Å². The van der Waals surface area contributed by atoms with Gasteiger partial charge in [0.05, 0.1) is 11.8 Å². The topological polar surface area (TPSA) is 96.7 Å². The third-order valence-electron chi connectivity index (χ3n) is 8.39. The number of nitrogens with zero attached hydrogens (tertiary/aromatic N) is 1. The van der Waals surface area contributed by atoms with E-state index in [0.717, 1.165) is 28.0 Å². The molecule has 0 spiro atoms. The van der Waals surface area contributed by atoms with Crippen molar-refractivity contribution < 1.29 is 24.4 Å². The normalized spacial score (nSPS) is 24.8. The Bertz CT molecular complexity index is 1500. The molecular formula is C32H30BNO5. The van der Waals surface area contributed by atoms with Gasteiger partial charge in [-0.15, -0.1) is 0 Å². The van der Waals surface area contributed by atoms with E-state index >= 15 is 0 Å². The monoisotopic (exact) mass is 519 g/mol. The number of hydrogen-bond donors (Lipinski definition) is 2. The molecule has 3 aromatic rings. The maximum atomic E-state index is 13.7. The van der Waals surface area contributed by atoms with Gasteiger partial charge in [0.25, 0.3) is 0 Å². The second-order valence-electron chi connectivity index (χ2n) is 10.8. The molecule has 2 heterocycles. The molecule has 3 aliphatic rings. The number of ketones is 2.